The number of halogens is 4. The molecule has 0 bridgehead atoms. The standard InChI is InChI=1S/C21H22ClF3N2O/c1-4-28-20-16(15-6-5-14(11-18(15)22)21(23,24)25)7-8-19-17(20)12-26-27(19)10-9-13(2)3/h5-8,11-13H,4,9-10H2,1-3H3. The smallest absolute Gasteiger partial charge is 0.416 e. The highest BCUT2D eigenvalue weighted by Crippen LogP contribution is 2.42. The first-order valence-corrected chi connectivity index (χ1v) is 9.58. The van der Waals surface area contributed by atoms with Crippen LogP contribution in [0.15, 0.2) is 36.5 Å². The Morgan fingerprint density at radius 2 is 1.86 bits per heavy atom. The van der Waals surface area contributed by atoms with E-state index in [9.17, 15) is 13.2 Å². The topological polar surface area (TPSA) is 27.1 Å². The molecular formula is C21H22ClF3N2O. The Labute approximate surface area is 167 Å². The summed E-state index contributed by atoms with van der Waals surface area (Å²) < 4.78 is 46.6. The Morgan fingerprint density at radius 3 is 2.46 bits per heavy atom. The Balaban J connectivity index is 2.10. The summed E-state index contributed by atoms with van der Waals surface area (Å²) in [6.07, 6.45) is -1.71. The number of hydrogen-bond acceptors (Lipinski definition) is 2. The second-order valence-corrected chi connectivity index (χ2v) is 7.46. The lowest BCUT2D eigenvalue weighted by Gasteiger charge is -2.15. The van der Waals surface area contributed by atoms with Gasteiger partial charge in [0.1, 0.15) is 5.75 Å². The summed E-state index contributed by atoms with van der Waals surface area (Å²) >= 11 is 6.21. The van der Waals surface area contributed by atoms with Crippen LogP contribution in [0.1, 0.15) is 32.8 Å². The van der Waals surface area contributed by atoms with Gasteiger partial charge < -0.3 is 4.74 Å². The van der Waals surface area contributed by atoms with Gasteiger partial charge in [-0.2, -0.15) is 18.3 Å². The van der Waals surface area contributed by atoms with Crippen LogP contribution in [0.25, 0.3) is 22.0 Å². The van der Waals surface area contributed by atoms with E-state index < -0.39 is 11.7 Å². The zero-order valence-electron chi connectivity index (χ0n) is 16.0. The van der Waals surface area contributed by atoms with Crippen molar-refractivity contribution in [1.29, 1.82) is 0 Å². The molecule has 150 valence electrons. The van der Waals surface area contributed by atoms with E-state index in [0.717, 1.165) is 36.0 Å². The highest BCUT2D eigenvalue weighted by molar-refractivity contribution is 6.33. The predicted molar refractivity (Wildman–Crippen MR) is 106 cm³/mol. The molecule has 0 atom stereocenters. The van der Waals surface area contributed by atoms with Crippen LogP contribution < -0.4 is 4.74 Å². The van der Waals surface area contributed by atoms with Gasteiger partial charge in [-0.05, 0) is 43.5 Å². The number of hydrogen-bond donors (Lipinski definition) is 0. The molecule has 0 unspecified atom stereocenters. The molecule has 0 fully saturated rings. The molecule has 3 nitrogen and oxygen atoms in total. The molecule has 0 radical (unpaired) electrons. The SMILES string of the molecule is CCOc1c(-c2ccc(C(F)(F)F)cc2Cl)ccc2c1cnn2CCC(C)C. The van der Waals surface area contributed by atoms with Crippen LogP contribution in [-0.4, -0.2) is 16.4 Å². The van der Waals surface area contributed by atoms with Crippen molar-refractivity contribution in [3.05, 3.63) is 47.1 Å². The molecule has 0 aliphatic rings. The maximum absolute atomic E-state index is 12.9. The van der Waals surface area contributed by atoms with Crippen LogP contribution in [0.5, 0.6) is 5.75 Å². The third-order valence-corrected chi connectivity index (χ3v) is 4.88. The second-order valence-electron chi connectivity index (χ2n) is 7.05. The van der Waals surface area contributed by atoms with Gasteiger partial charge in [0.15, 0.2) is 0 Å². The van der Waals surface area contributed by atoms with Crippen molar-refractivity contribution < 1.29 is 17.9 Å². The van der Waals surface area contributed by atoms with Gasteiger partial charge in [0.2, 0.25) is 0 Å². The Morgan fingerprint density at radius 1 is 1.14 bits per heavy atom. The molecule has 0 saturated carbocycles. The van der Waals surface area contributed by atoms with E-state index in [4.69, 9.17) is 16.3 Å². The minimum absolute atomic E-state index is 0.0299. The van der Waals surface area contributed by atoms with E-state index >= 15 is 0 Å². The average Bonchev–Trinajstić information content (AvgIpc) is 3.03. The lowest BCUT2D eigenvalue weighted by molar-refractivity contribution is -0.137. The van der Waals surface area contributed by atoms with Crippen molar-refractivity contribution in [3.8, 4) is 16.9 Å². The van der Waals surface area contributed by atoms with Gasteiger partial charge in [0, 0.05) is 22.7 Å². The summed E-state index contributed by atoms with van der Waals surface area (Å²) in [5.41, 5.74) is 1.30. The summed E-state index contributed by atoms with van der Waals surface area (Å²) in [5.74, 6) is 1.13. The monoisotopic (exact) mass is 410 g/mol. The fourth-order valence-electron chi connectivity index (χ4n) is 3.11. The Hall–Kier alpha value is -2.21. The van der Waals surface area contributed by atoms with Gasteiger partial charge in [-0.15, -0.1) is 0 Å². The zero-order valence-corrected chi connectivity index (χ0v) is 16.7. The summed E-state index contributed by atoms with van der Waals surface area (Å²) in [4.78, 5) is 0. The molecule has 0 saturated heterocycles. The van der Waals surface area contributed by atoms with Gasteiger partial charge in [-0.3, -0.25) is 4.68 Å². The molecule has 2 aromatic carbocycles. The van der Waals surface area contributed by atoms with Crippen LogP contribution in [0.3, 0.4) is 0 Å². The predicted octanol–water partition coefficient (Wildman–Crippen LogP) is 6.82. The molecule has 7 heteroatoms. The molecule has 3 aromatic rings. The van der Waals surface area contributed by atoms with Crippen LogP contribution >= 0.6 is 11.6 Å². The molecule has 3 rings (SSSR count). The molecule has 1 heterocycles. The Kier molecular flexibility index (Phi) is 5.89. The molecule has 0 aliphatic heterocycles. The fraction of sp³-hybridized carbons (Fsp3) is 0.381. The van der Waals surface area contributed by atoms with E-state index in [0.29, 0.717) is 29.4 Å². The number of rotatable bonds is 6. The molecule has 0 aliphatic carbocycles. The summed E-state index contributed by atoms with van der Waals surface area (Å²) in [6.45, 7) is 7.37. The van der Waals surface area contributed by atoms with Crippen molar-refractivity contribution in [1.82, 2.24) is 9.78 Å². The normalized spacial score (nSPS) is 12.1. The maximum Gasteiger partial charge on any atom is 0.416 e. The van der Waals surface area contributed by atoms with Crippen molar-refractivity contribution in [2.45, 2.75) is 39.9 Å². The second kappa shape index (κ2) is 8.03. The largest absolute Gasteiger partial charge is 0.492 e. The van der Waals surface area contributed by atoms with Crippen molar-refractivity contribution in [2.24, 2.45) is 5.92 Å². The summed E-state index contributed by atoms with van der Waals surface area (Å²) in [5, 5.41) is 5.32. The van der Waals surface area contributed by atoms with Crippen LogP contribution in [-0.2, 0) is 12.7 Å². The minimum atomic E-state index is -4.44. The van der Waals surface area contributed by atoms with Crippen molar-refractivity contribution >= 4 is 22.5 Å². The van der Waals surface area contributed by atoms with E-state index in [1.165, 1.54) is 6.07 Å². The molecule has 28 heavy (non-hydrogen) atoms. The molecular weight excluding hydrogens is 389 g/mol. The third kappa shape index (κ3) is 4.12. The van der Waals surface area contributed by atoms with E-state index in [2.05, 4.69) is 18.9 Å². The average molecular weight is 411 g/mol. The van der Waals surface area contributed by atoms with Gasteiger partial charge in [0.25, 0.3) is 0 Å². The summed E-state index contributed by atoms with van der Waals surface area (Å²) in [7, 11) is 0. The fourth-order valence-corrected chi connectivity index (χ4v) is 3.39. The highest BCUT2D eigenvalue weighted by Gasteiger charge is 2.31. The van der Waals surface area contributed by atoms with Gasteiger partial charge in [0.05, 0.1) is 29.3 Å². The van der Waals surface area contributed by atoms with Gasteiger partial charge in [-0.25, -0.2) is 0 Å². The number of nitrogens with zero attached hydrogens (tertiary/aromatic N) is 2. The highest BCUT2D eigenvalue weighted by atomic mass is 35.5. The first kappa shape index (κ1) is 20.5. The quantitative estimate of drug-likeness (QED) is 0.445. The van der Waals surface area contributed by atoms with Crippen molar-refractivity contribution in [2.75, 3.05) is 6.61 Å². The van der Waals surface area contributed by atoms with E-state index in [-0.39, 0.29) is 5.02 Å². The number of fused-ring (bicyclic) bond motifs is 1. The first-order valence-electron chi connectivity index (χ1n) is 9.20. The van der Waals surface area contributed by atoms with E-state index in [1.54, 1.807) is 6.20 Å². The lowest BCUT2D eigenvalue weighted by Crippen LogP contribution is -2.05. The molecule has 0 amide bonds. The third-order valence-electron chi connectivity index (χ3n) is 4.57. The van der Waals surface area contributed by atoms with Crippen LogP contribution in [0.4, 0.5) is 13.2 Å². The minimum Gasteiger partial charge on any atom is -0.492 e. The number of aryl methyl sites for hydroxylation is 1. The summed E-state index contributed by atoms with van der Waals surface area (Å²) in [6, 6.07) is 7.11. The number of aromatic nitrogens is 2. The van der Waals surface area contributed by atoms with Gasteiger partial charge in [-0.1, -0.05) is 31.5 Å². The van der Waals surface area contributed by atoms with E-state index in [1.807, 2.05) is 23.7 Å². The van der Waals surface area contributed by atoms with Gasteiger partial charge >= 0.3 is 6.18 Å². The number of benzene rings is 2. The zero-order chi connectivity index (χ0) is 20.5. The molecule has 0 N–H and O–H groups in total. The molecule has 1 aromatic heterocycles. The number of alkyl halides is 3. The van der Waals surface area contributed by atoms with Crippen LogP contribution in [0.2, 0.25) is 5.02 Å². The lowest BCUT2D eigenvalue weighted by atomic mass is 10.0. The maximum atomic E-state index is 12.9. The Bertz CT molecular complexity index is 980. The van der Waals surface area contributed by atoms with Crippen LogP contribution in [0, 0.1) is 5.92 Å². The molecule has 0 spiro atoms. The van der Waals surface area contributed by atoms with Crippen molar-refractivity contribution in [3.63, 3.8) is 0 Å². The number of ether oxygens (including phenoxy) is 1. The first-order chi connectivity index (χ1) is 13.2.